The summed E-state index contributed by atoms with van der Waals surface area (Å²) in [5, 5.41) is 5.18. The number of aromatic nitrogens is 5. The molecular formula is C22H21N7O2. The molecule has 1 aliphatic rings. The molecule has 5 heterocycles. The van der Waals surface area contributed by atoms with Crippen LogP contribution in [0.25, 0.3) is 22.2 Å². The van der Waals surface area contributed by atoms with Crippen molar-refractivity contribution >= 4 is 16.8 Å². The maximum absolute atomic E-state index is 12.3. The van der Waals surface area contributed by atoms with Crippen LogP contribution in [0.3, 0.4) is 0 Å². The van der Waals surface area contributed by atoms with Gasteiger partial charge >= 0.3 is 0 Å². The van der Waals surface area contributed by atoms with Crippen LogP contribution in [0.5, 0.6) is 0 Å². The van der Waals surface area contributed by atoms with Gasteiger partial charge in [0, 0.05) is 54.9 Å². The molecule has 1 amide bonds. The number of nitrogens with one attached hydrogen (secondary N) is 1. The van der Waals surface area contributed by atoms with Crippen LogP contribution < -0.4 is 5.48 Å². The fraction of sp³-hybridized carbons (Fsp3) is 0.227. The number of pyridine rings is 3. The summed E-state index contributed by atoms with van der Waals surface area (Å²) < 4.78 is 1.75. The number of likely N-dealkylation sites (tertiary alicyclic amines) is 1. The normalized spacial score (nSPS) is 18.6. The van der Waals surface area contributed by atoms with Crippen LogP contribution in [0.2, 0.25) is 0 Å². The molecule has 9 heteroatoms. The molecule has 9 nitrogen and oxygen atoms in total. The number of rotatable bonds is 5. The molecule has 1 saturated heterocycles. The maximum atomic E-state index is 12.3. The Morgan fingerprint density at radius 1 is 1.16 bits per heavy atom. The van der Waals surface area contributed by atoms with E-state index in [0.29, 0.717) is 12.1 Å². The summed E-state index contributed by atoms with van der Waals surface area (Å²) in [5.41, 5.74) is 6.56. The zero-order valence-corrected chi connectivity index (χ0v) is 17.1. The Labute approximate surface area is 178 Å². The van der Waals surface area contributed by atoms with Crippen LogP contribution in [-0.4, -0.2) is 55.2 Å². The van der Waals surface area contributed by atoms with Crippen LogP contribution in [0, 0.1) is 0 Å². The second-order valence-electron chi connectivity index (χ2n) is 7.61. The van der Waals surface area contributed by atoms with Crippen molar-refractivity contribution < 1.29 is 9.63 Å². The van der Waals surface area contributed by atoms with Crippen LogP contribution >= 0.6 is 0 Å². The van der Waals surface area contributed by atoms with E-state index in [0.717, 1.165) is 27.9 Å². The third-order valence-corrected chi connectivity index (χ3v) is 5.44. The lowest BCUT2D eigenvalue weighted by Gasteiger charge is -2.44. The Morgan fingerprint density at radius 3 is 2.74 bits per heavy atom. The number of aryl methyl sites for hydroxylation is 1. The molecule has 0 saturated carbocycles. The average molecular weight is 415 g/mol. The fourth-order valence-corrected chi connectivity index (χ4v) is 3.76. The van der Waals surface area contributed by atoms with Gasteiger partial charge in [-0.3, -0.25) is 29.2 Å². The highest BCUT2D eigenvalue weighted by Crippen LogP contribution is 2.34. The Hall–Kier alpha value is -3.69. The van der Waals surface area contributed by atoms with E-state index < -0.39 is 0 Å². The standard InChI is InChI=1S/C22H21N7O2/c1-28-13-20(31-27-22(30)14-5-7-23-8-6-14)21(28)19-9-18-15(10-24-19)3-4-17(26-18)16-11-25-29(2)12-16/h3-12,20-21H,13H2,1-2H3,(H,27,30). The molecule has 0 bridgehead atoms. The van der Waals surface area contributed by atoms with Gasteiger partial charge in [0.1, 0.15) is 6.10 Å². The molecule has 2 unspecified atom stereocenters. The van der Waals surface area contributed by atoms with Gasteiger partial charge in [0.25, 0.3) is 5.91 Å². The summed E-state index contributed by atoms with van der Waals surface area (Å²) in [4.78, 5) is 33.4. The minimum absolute atomic E-state index is 0.0778. The van der Waals surface area contributed by atoms with Gasteiger partial charge in [-0.2, -0.15) is 5.10 Å². The Balaban J connectivity index is 1.35. The summed E-state index contributed by atoms with van der Waals surface area (Å²) in [5.74, 6) is -0.301. The highest BCUT2D eigenvalue weighted by Gasteiger charge is 2.40. The van der Waals surface area contributed by atoms with Crippen LogP contribution in [0.15, 0.2) is 61.3 Å². The molecule has 4 aromatic heterocycles. The summed E-state index contributed by atoms with van der Waals surface area (Å²) in [6, 6.07) is 9.16. The highest BCUT2D eigenvalue weighted by atomic mass is 16.7. The second kappa shape index (κ2) is 7.86. The summed E-state index contributed by atoms with van der Waals surface area (Å²) in [7, 11) is 3.88. The van der Waals surface area contributed by atoms with E-state index in [4.69, 9.17) is 9.82 Å². The van der Waals surface area contributed by atoms with Crippen molar-refractivity contribution in [2.24, 2.45) is 7.05 Å². The number of likely N-dealkylation sites (N-methyl/N-ethyl adjacent to an activating group) is 1. The molecule has 0 aromatic carbocycles. The van der Waals surface area contributed by atoms with Gasteiger partial charge in [0.05, 0.1) is 29.1 Å². The van der Waals surface area contributed by atoms with E-state index in [2.05, 4.69) is 25.4 Å². The number of hydrogen-bond donors (Lipinski definition) is 1. The minimum Gasteiger partial charge on any atom is -0.293 e. The second-order valence-corrected chi connectivity index (χ2v) is 7.61. The smallest absolute Gasteiger partial charge is 0.274 e. The lowest BCUT2D eigenvalue weighted by atomic mass is 9.96. The van der Waals surface area contributed by atoms with Gasteiger partial charge < -0.3 is 0 Å². The molecule has 1 N–H and O–H groups in total. The van der Waals surface area contributed by atoms with Crippen LogP contribution in [0.1, 0.15) is 22.1 Å². The first-order valence-electron chi connectivity index (χ1n) is 9.90. The van der Waals surface area contributed by atoms with Crippen molar-refractivity contribution in [1.82, 2.24) is 35.1 Å². The van der Waals surface area contributed by atoms with Crippen molar-refractivity contribution in [1.29, 1.82) is 0 Å². The van der Waals surface area contributed by atoms with Gasteiger partial charge in [-0.1, -0.05) is 0 Å². The third-order valence-electron chi connectivity index (χ3n) is 5.44. The predicted octanol–water partition coefficient (Wildman–Crippen LogP) is 2.14. The van der Waals surface area contributed by atoms with Crippen molar-refractivity contribution in [2.75, 3.05) is 13.6 Å². The number of hydrogen-bond acceptors (Lipinski definition) is 7. The van der Waals surface area contributed by atoms with Crippen LogP contribution in [0.4, 0.5) is 0 Å². The summed E-state index contributed by atoms with van der Waals surface area (Å²) in [6.45, 7) is 0.685. The van der Waals surface area contributed by atoms with Crippen LogP contribution in [-0.2, 0) is 11.9 Å². The monoisotopic (exact) mass is 415 g/mol. The lowest BCUT2D eigenvalue weighted by molar-refractivity contribution is -0.126. The molecule has 1 fully saturated rings. The largest absolute Gasteiger partial charge is 0.293 e. The first kappa shape index (κ1) is 19.3. The molecule has 2 atom stereocenters. The van der Waals surface area contributed by atoms with Gasteiger partial charge in [0.15, 0.2) is 0 Å². The average Bonchev–Trinajstić information content (AvgIpc) is 3.22. The van der Waals surface area contributed by atoms with E-state index in [1.165, 1.54) is 0 Å². The first-order valence-corrected chi connectivity index (χ1v) is 9.90. The molecule has 0 spiro atoms. The van der Waals surface area contributed by atoms with E-state index in [1.807, 2.05) is 44.7 Å². The molecule has 1 aliphatic heterocycles. The first-order chi connectivity index (χ1) is 15.1. The minimum atomic E-state index is -0.301. The van der Waals surface area contributed by atoms with Crippen molar-refractivity contribution in [3.63, 3.8) is 0 Å². The molecule has 0 aliphatic carbocycles. The fourth-order valence-electron chi connectivity index (χ4n) is 3.76. The third kappa shape index (κ3) is 3.76. The SMILES string of the molecule is CN1CC(ONC(=O)c2ccncc2)C1c1cc2nc(-c3cnn(C)c3)ccc2cn1. The van der Waals surface area contributed by atoms with Gasteiger partial charge in [0.2, 0.25) is 0 Å². The molecular weight excluding hydrogens is 394 g/mol. The number of carbonyl (C=O) groups is 1. The van der Waals surface area contributed by atoms with Gasteiger partial charge in [-0.05, 0) is 37.4 Å². The Morgan fingerprint density at radius 2 is 2.00 bits per heavy atom. The number of fused-ring (bicyclic) bond motifs is 1. The zero-order valence-electron chi connectivity index (χ0n) is 17.1. The molecule has 0 radical (unpaired) electrons. The summed E-state index contributed by atoms with van der Waals surface area (Å²) >= 11 is 0. The quantitative estimate of drug-likeness (QED) is 0.499. The van der Waals surface area contributed by atoms with Crippen molar-refractivity contribution in [3.8, 4) is 11.3 Å². The number of nitrogens with zero attached hydrogens (tertiary/aromatic N) is 6. The van der Waals surface area contributed by atoms with Crippen molar-refractivity contribution in [3.05, 3.63) is 72.6 Å². The van der Waals surface area contributed by atoms with E-state index in [9.17, 15) is 4.79 Å². The number of amides is 1. The number of carbonyl (C=O) groups excluding carboxylic acids is 1. The number of hydroxylamine groups is 1. The lowest BCUT2D eigenvalue weighted by Crippen LogP contribution is -2.55. The van der Waals surface area contributed by atoms with E-state index in [-0.39, 0.29) is 18.1 Å². The zero-order chi connectivity index (χ0) is 21.4. The van der Waals surface area contributed by atoms with Crippen molar-refractivity contribution in [2.45, 2.75) is 12.1 Å². The maximum Gasteiger partial charge on any atom is 0.274 e. The molecule has 4 aromatic rings. The van der Waals surface area contributed by atoms with Gasteiger partial charge in [-0.25, -0.2) is 10.5 Å². The van der Waals surface area contributed by atoms with E-state index >= 15 is 0 Å². The van der Waals surface area contributed by atoms with Gasteiger partial charge in [-0.15, -0.1) is 0 Å². The molecule has 5 rings (SSSR count). The Bertz CT molecular complexity index is 1240. The summed E-state index contributed by atoms with van der Waals surface area (Å²) in [6.07, 6.45) is 8.49. The topological polar surface area (TPSA) is 98.1 Å². The molecule has 156 valence electrons. The molecule has 31 heavy (non-hydrogen) atoms. The predicted molar refractivity (Wildman–Crippen MR) is 114 cm³/mol. The highest BCUT2D eigenvalue weighted by molar-refractivity contribution is 5.93. The van der Waals surface area contributed by atoms with E-state index in [1.54, 1.807) is 35.4 Å². The Kier molecular flexibility index (Phi) is 4.89.